The van der Waals surface area contributed by atoms with E-state index in [1.165, 1.54) is 6.92 Å². The molecule has 3 atom stereocenters. The number of methoxy groups -OCH3 is 1. The number of benzene rings is 2. The fraction of sp³-hybridized carbons (Fsp3) is 0.440. The lowest BCUT2D eigenvalue weighted by atomic mass is 9.74. The first-order valence-corrected chi connectivity index (χ1v) is 10.8. The minimum Gasteiger partial charge on any atom is -0.497 e. The predicted molar refractivity (Wildman–Crippen MR) is 120 cm³/mol. The molecule has 0 heterocycles. The summed E-state index contributed by atoms with van der Waals surface area (Å²) in [4.78, 5) is 24.3. The molecule has 0 bridgehead atoms. The molecule has 6 nitrogen and oxygen atoms in total. The van der Waals surface area contributed by atoms with Crippen molar-refractivity contribution in [1.82, 2.24) is 10.6 Å². The van der Waals surface area contributed by atoms with Crippen LogP contribution >= 0.6 is 0 Å². The zero-order valence-electron chi connectivity index (χ0n) is 18.3. The number of aliphatic hydroxyl groups excluding tert-OH is 1. The van der Waals surface area contributed by atoms with E-state index in [1.807, 2.05) is 42.5 Å². The molecule has 1 aliphatic carbocycles. The van der Waals surface area contributed by atoms with Gasteiger partial charge in [0, 0.05) is 18.9 Å². The van der Waals surface area contributed by atoms with Crippen molar-refractivity contribution < 1.29 is 19.4 Å². The van der Waals surface area contributed by atoms with Gasteiger partial charge in [0.25, 0.3) is 0 Å². The summed E-state index contributed by atoms with van der Waals surface area (Å²) in [5.41, 5.74) is 1.75. The first kappa shape index (κ1) is 22.8. The van der Waals surface area contributed by atoms with E-state index in [1.54, 1.807) is 7.11 Å². The van der Waals surface area contributed by atoms with Crippen molar-refractivity contribution in [2.45, 2.75) is 56.6 Å². The van der Waals surface area contributed by atoms with E-state index in [9.17, 15) is 14.7 Å². The van der Waals surface area contributed by atoms with Crippen LogP contribution in [-0.2, 0) is 21.4 Å². The molecule has 0 spiro atoms. The van der Waals surface area contributed by atoms with Crippen LogP contribution in [0.3, 0.4) is 0 Å². The molecule has 1 saturated carbocycles. The Bertz CT molecular complexity index is 886. The van der Waals surface area contributed by atoms with Crippen molar-refractivity contribution in [2.24, 2.45) is 0 Å². The van der Waals surface area contributed by atoms with Gasteiger partial charge < -0.3 is 20.5 Å². The monoisotopic (exact) mass is 424 g/mol. The summed E-state index contributed by atoms with van der Waals surface area (Å²) in [6.45, 7) is 1.96. The second kappa shape index (κ2) is 10.4. The van der Waals surface area contributed by atoms with Crippen LogP contribution in [-0.4, -0.2) is 42.7 Å². The quantitative estimate of drug-likeness (QED) is 0.597. The number of aliphatic hydroxyl groups is 1. The van der Waals surface area contributed by atoms with Gasteiger partial charge in [-0.25, -0.2) is 0 Å². The van der Waals surface area contributed by atoms with E-state index in [0.29, 0.717) is 19.4 Å². The van der Waals surface area contributed by atoms with Crippen molar-refractivity contribution in [3.05, 3.63) is 65.7 Å². The van der Waals surface area contributed by atoms with Crippen molar-refractivity contribution >= 4 is 11.8 Å². The van der Waals surface area contributed by atoms with E-state index in [-0.39, 0.29) is 29.7 Å². The van der Waals surface area contributed by atoms with Crippen LogP contribution in [0, 0.1) is 0 Å². The Morgan fingerprint density at radius 2 is 1.84 bits per heavy atom. The third-order valence-corrected chi connectivity index (χ3v) is 6.21. The molecule has 3 N–H and O–H groups in total. The predicted octanol–water partition coefficient (Wildman–Crippen LogP) is 2.73. The van der Waals surface area contributed by atoms with Gasteiger partial charge in [-0.1, -0.05) is 42.5 Å². The highest BCUT2D eigenvalue weighted by Crippen LogP contribution is 2.38. The lowest BCUT2D eigenvalue weighted by Crippen LogP contribution is -2.42. The molecule has 6 heteroatoms. The fourth-order valence-electron chi connectivity index (χ4n) is 4.46. The highest BCUT2D eigenvalue weighted by molar-refractivity contribution is 5.78. The molecule has 3 rings (SSSR count). The third-order valence-electron chi connectivity index (χ3n) is 6.21. The maximum atomic E-state index is 12.7. The first-order valence-electron chi connectivity index (χ1n) is 10.8. The van der Waals surface area contributed by atoms with Crippen LogP contribution in [0.2, 0.25) is 0 Å². The minimum atomic E-state index is -0.595. The molecule has 2 aromatic carbocycles. The van der Waals surface area contributed by atoms with Crippen LogP contribution in [0.15, 0.2) is 54.6 Å². The van der Waals surface area contributed by atoms with Crippen molar-refractivity contribution in [1.29, 1.82) is 0 Å². The van der Waals surface area contributed by atoms with Crippen LogP contribution in [0.1, 0.15) is 43.7 Å². The Labute approximate surface area is 184 Å². The molecule has 0 unspecified atom stereocenters. The minimum absolute atomic E-state index is 0.0493. The van der Waals surface area contributed by atoms with Crippen LogP contribution in [0.25, 0.3) is 0 Å². The zero-order chi connectivity index (χ0) is 22.3. The number of hydrogen-bond acceptors (Lipinski definition) is 4. The molecule has 1 aliphatic rings. The summed E-state index contributed by atoms with van der Waals surface area (Å²) in [5.74, 6) is 0.544. The highest BCUT2D eigenvalue weighted by atomic mass is 16.5. The SMILES string of the molecule is COc1cccc(CC(=O)NC[C@]2(c3ccccc3)CC[C@H](NC(C)=O)[C@@H](O)CC2)c1. The lowest BCUT2D eigenvalue weighted by molar-refractivity contribution is -0.121. The molecule has 0 aliphatic heterocycles. The highest BCUT2D eigenvalue weighted by Gasteiger charge is 2.38. The van der Waals surface area contributed by atoms with Gasteiger partial charge in [-0.3, -0.25) is 9.59 Å². The zero-order valence-corrected chi connectivity index (χ0v) is 18.3. The van der Waals surface area contributed by atoms with E-state index in [2.05, 4.69) is 22.8 Å². The summed E-state index contributed by atoms with van der Waals surface area (Å²) in [6.07, 6.45) is 2.39. The average molecular weight is 425 g/mol. The van der Waals surface area contributed by atoms with Gasteiger partial charge in [-0.15, -0.1) is 0 Å². The van der Waals surface area contributed by atoms with E-state index in [0.717, 1.165) is 29.7 Å². The summed E-state index contributed by atoms with van der Waals surface area (Å²) < 4.78 is 5.24. The van der Waals surface area contributed by atoms with Crippen molar-refractivity contribution in [3.63, 3.8) is 0 Å². The Kier molecular flexibility index (Phi) is 7.69. The van der Waals surface area contributed by atoms with E-state index in [4.69, 9.17) is 4.74 Å². The number of carbonyl (C=O) groups excluding carboxylic acids is 2. The van der Waals surface area contributed by atoms with Crippen LogP contribution in [0.4, 0.5) is 0 Å². The maximum Gasteiger partial charge on any atom is 0.224 e. The average Bonchev–Trinajstić information content (AvgIpc) is 2.93. The maximum absolute atomic E-state index is 12.7. The van der Waals surface area contributed by atoms with Crippen LogP contribution < -0.4 is 15.4 Å². The largest absolute Gasteiger partial charge is 0.497 e. The Morgan fingerprint density at radius 1 is 1.10 bits per heavy atom. The number of hydrogen-bond donors (Lipinski definition) is 3. The second-order valence-electron chi connectivity index (χ2n) is 8.40. The van der Waals surface area contributed by atoms with Gasteiger partial charge >= 0.3 is 0 Å². The summed E-state index contributed by atoms with van der Waals surface area (Å²) >= 11 is 0. The molecule has 1 fully saturated rings. The second-order valence-corrected chi connectivity index (χ2v) is 8.40. The van der Waals surface area contributed by atoms with E-state index >= 15 is 0 Å². The van der Waals surface area contributed by atoms with Crippen molar-refractivity contribution in [3.8, 4) is 5.75 Å². The van der Waals surface area contributed by atoms with Gasteiger partial charge in [0.1, 0.15) is 5.75 Å². The van der Waals surface area contributed by atoms with Gasteiger partial charge in [0.15, 0.2) is 0 Å². The van der Waals surface area contributed by atoms with Gasteiger partial charge in [0.2, 0.25) is 11.8 Å². The Balaban J connectivity index is 1.73. The number of amides is 2. The number of nitrogens with one attached hydrogen (secondary N) is 2. The number of carbonyl (C=O) groups is 2. The molecular weight excluding hydrogens is 392 g/mol. The standard InChI is InChI=1S/C25H32N2O4/c1-18(28)27-22-11-13-25(14-12-23(22)29,20-8-4-3-5-9-20)17-26-24(30)16-19-7-6-10-21(15-19)31-2/h3-10,15,22-23,29H,11-14,16-17H2,1-2H3,(H,26,30)(H,27,28)/t22-,23-,25-/m0/s1. The molecule has 0 aromatic heterocycles. The normalized spacial score (nSPS) is 23.5. The van der Waals surface area contributed by atoms with Gasteiger partial charge in [0.05, 0.1) is 25.7 Å². The number of ether oxygens (including phenoxy) is 1. The summed E-state index contributed by atoms with van der Waals surface area (Å²) in [5, 5.41) is 16.6. The summed E-state index contributed by atoms with van der Waals surface area (Å²) in [6, 6.07) is 17.4. The molecule has 2 aromatic rings. The van der Waals surface area contributed by atoms with Gasteiger partial charge in [-0.2, -0.15) is 0 Å². The molecular formula is C25H32N2O4. The topological polar surface area (TPSA) is 87.7 Å². The van der Waals surface area contributed by atoms with Gasteiger partial charge in [-0.05, 0) is 48.9 Å². The molecule has 0 saturated heterocycles. The molecule has 166 valence electrons. The molecule has 2 amide bonds. The third kappa shape index (κ3) is 6.07. The molecule has 31 heavy (non-hydrogen) atoms. The van der Waals surface area contributed by atoms with Crippen LogP contribution in [0.5, 0.6) is 5.75 Å². The van der Waals surface area contributed by atoms with Crippen molar-refractivity contribution in [2.75, 3.05) is 13.7 Å². The Hall–Kier alpha value is -2.86. The Morgan fingerprint density at radius 3 is 2.55 bits per heavy atom. The number of rotatable bonds is 7. The summed E-state index contributed by atoms with van der Waals surface area (Å²) in [7, 11) is 1.61. The smallest absolute Gasteiger partial charge is 0.224 e. The first-order chi connectivity index (χ1) is 14.9. The fourth-order valence-corrected chi connectivity index (χ4v) is 4.46. The molecule has 0 radical (unpaired) electrons. The van der Waals surface area contributed by atoms with E-state index < -0.39 is 6.10 Å². The lowest BCUT2D eigenvalue weighted by Gasteiger charge is -2.34.